The van der Waals surface area contributed by atoms with E-state index < -0.39 is 6.10 Å². The third-order valence-corrected chi connectivity index (χ3v) is 5.70. The van der Waals surface area contributed by atoms with Gasteiger partial charge in [0.05, 0.1) is 11.8 Å². The zero-order chi connectivity index (χ0) is 21.5. The smallest absolute Gasteiger partial charge is 0.129 e. The molecule has 1 atom stereocenters. The summed E-state index contributed by atoms with van der Waals surface area (Å²) in [5.41, 5.74) is 3.71. The van der Waals surface area contributed by atoms with Crippen LogP contribution in [0.25, 0.3) is 21.8 Å². The predicted molar refractivity (Wildman–Crippen MR) is 123 cm³/mol. The first-order valence-corrected chi connectivity index (χ1v) is 11.0. The molecule has 3 heterocycles. The van der Waals surface area contributed by atoms with E-state index in [4.69, 9.17) is 21.3 Å². The highest BCUT2D eigenvalue weighted by molar-refractivity contribution is 7.13. The van der Waals surface area contributed by atoms with Gasteiger partial charge in [-0.1, -0.05) is 17.7 Å². The summed E-state index contributed by atoms with van der Waals surface area (Å²) in [6, 6.07) is 15.2. The monoisotopic (exact) mass is 452 g/mol. The van der Waals surface area contributed by atoms with Gasteiger partial charge in [-0.25, -0.2) is 9.97 Å². The maximum Gasteiger partial charge on any atom is 0.129 e. The topological polar surface area (TPSA) is 80.2 Å². The lowest BCUT2D eigenvalue weighted by atomic mass is 10.1. The lowest BCUT2D eigenvalue weighted by Crippen LogP contribution is -2.26. The largest absolute Gasteiger partial charge is 0.492 e. The lowest BCUT2D eigenvalue weighted by molar-refractivity contribution is 0.171. The summed E-state index contributed by atoms with van der Waals surface area (Å²) in [4.78, 5) is 12.8. The molecule has 1 unspecified atom stereocenters. The summed E-state index contributed by atoms with van der Waals surface area (Å²) in [5.74, 6) is 0.788. The second-order valence-corrected chi connectivity index (χ2v) is 8.03. The molecule has 0 spiro atoms. The van der Waals surface area contributed by atoms with Gasteiger partial charge in [0.15, 0.2) is 0 Å². The summed E-state index contributed by atoms with van der Waals surface area (Å²) in [6.07, 6.45) is 4.51. The molecule has 4 aromatic rings. The van der Waals surface area contributed by atoms with Gasteiger partial charge in [-0.3, -0.25) is 4.98 Å². The second kappa shape index (κ2) is 10.5. The highest BCUT2D eigenvalue weighted by atomic mass is 35.5. The Hall–Kier alpha value is -2.84. The Kier molecular flexibility index (Phi) is 7.22. The minimum atomic E-state index is -0.640. The lowest BCUT2D eigenvalue weighted by Gasteiger charge is -2.12. The summed E-state index contributed by atoms with van der Waals surface area (Å²) in [7, 11) is 0. The van der Waals surface area contributed by atoms with Gasteiger partial charge in [0.2, 0.25) is 0 Å². The van der Waals surface area contributed by atoms with Crippen molar-refractivity contribution in [3.63, 3.8) is 0 Å². The van der Waals surface area contributed by atoms with Crippen molar-refractivity contribution < 1.29 is 9.84 Å². The van der Waals surface area contributed by atoms with Gasteiger partial charge in [0, 0.05) is 53.8 Å². The van der Waals surface area contributed by atoms with Crippen molar-refractivity contribution in [2.24, 2.45) is 0 Å². The first-order chi connectivity index (χ1) is 15.2. The molecule has 0 saturated carbocycles. The number of hydrogen-bond donors (Lipinski definition) is 2. The summed E-state index contributed by atoms with van der Waals surface area (Å²) in [6.45, 7) is 1.52. The van der Waals surface area contributed by atoms with Crippen LogP contribution >= 0.6 is 22.9 Å². The molecule has 0 radical (unpaired) electrons. The number of pyridine rings is 2. The highest BCUT2D eigenvalue weighted by Crippen LogP contribution is 2.29. The van der Waals surface area contributed by atoms with Gasteiger partial charge in [-0.2, -0.15) is 0 Å². The summed E-state index contributed by atoms with van der Waals surface area (Å²) in [5, 5.41) is 16.7. The van der Waals surface area contributed by atoms with E-state index in [1.165, 1.54) is 0 Å². The van der Waals surface area contributed by atoms with Crippen molar-refractivity contribution in [1.29, 1.82) is 0 Å². The van der Waals surface area contributed by atoms with Crippen LogP contribution in [-0.4, -0.2) is 39.8 Å². The maximum atomic E-state index is 10.1. The third kappa shape index (κ3) is 5.86. The fourth-order valence-electron chi connectivity index (χ4n) is 2.93. The van der Waals surface area contributed by atoms with Gasteiger partial charge in [-0.05, 0) is 42.5 Å². The molecule has 0 aliphatic carbocycles. The first-order valence-electron chi connectivity index (χ1n) is 9.78. The van der Waals surface area contributed by atoms with E-state index in [1.807, 2.05) is 48.0 Å². The Balaban J connectivity index is 1.23. The molecule has 2 N–H and O–H groups in total. The average molecular weight is 453 g/mol. The van der Waals surface area contributed by atoms with E-state index in [-0.39, 0.29) is 0 Å². The van der Waals surface area contributed by atoms with E-state index >= 15 is 0 Å². The van der Waals surface area contributed by atoms with Crippen LogP contribution in [0.4, 0.5) is 0 Å². The number of halogens is 1. The standard InChI is InChI=1S/C23H21ClN4O2S/c24-22-8-5-17(13-27-22)21(29)14-26-10-11-30-19-6-3-16(4-7-19)20-15-31-23(28-20)18-2-1-9-25-12-18/h1-9,12-13,15,21,26,29H,10-11,14H2. The Morgan fingerprint density at radius 1 is 1.06 bits per heavy atom. The van der Waals surface area contributed by atoms with Crippen LogP contribution in [0.15, 0.2) is 72.5 Å². The Morgan fingerprint density at radius 2 is 1.94 bits per heavy atom. The van der Waals surface area contributed by atoms with Crippen LogP contribution in [0.5, 0.6) is 5.75 Å². The van der Waals surface area contributed by atoms with E-state index in [0.29, 0.717) is 24.8 Å². The van der Waals surface area contributed by atoms with Crippen LogP contribution in [0, 0.1) is 0 Å². The maximum absolute atomic E-state index is 10.1. The number of thiazole rings is 1. The summed E-state index contributed by atoms with van der Waals surface area (Å²) >= 11 is 7.36. The molecule has 0 amide bonds. The van der Waals surface area contributed by atoms with Crippen molar-refractivity contribution in [2.45, 2.75) is 6.10 Å². The average Bonchev–Trinajstić information content (AvgIpc) is 3.30. The zero-order valence-corrected chi connectivity index (χ0v) is 18.2. The fourth-order valence-corrected chi connectivity index (χ4v) is 3.86. The number of rotatable bonds is 9. The van der Waals surface area contributed by atoms with Gasteiger partial charge in [-0.15, -0.1) is 11.3 Å². The number of nitrogens with one attached hydrogen (secondary N) is 1. The molecule has 1 aromatic carbocycles. The normalized spacial score (nSPS) is 11.9. The minimum Gasteiger partial charge on any atom is -0.492 e. The molecule has 158 valence electrons. The number of aliphatic hydroxyl groups is 1. The predicted octanol–water partition coefficient (Wildman–Crippen LogP) is 4.62. The molecule has 0 aliphatic rings. The van der Waals surface area contributed by atoms with E-state index in [9.17, 15) is 5.11 Å². The minimum absolute atomic E-state index is 0.409. The Labute approximate surface area is 189 Å². The van der Waals surface area contributed by atoms with Gasteiger partial charge >= 0.3 is 0 Å². The van der Waals surface area contributed by atoms with Gasteiger partial charge in [0.1, 0.15) is 22.5 Å². The first kappa shape index (κ1) is 21.4. The number of aliphatic hydroxyl groups excluding tert-OH is 1. The van der Waals surface area contributed by atoms with Crippen LogP contribution in [0.1, 0.15) is 11.7 Å². The van der Waals surface area contributed by atoms with Crippen LogP contribution < -0.4 is 10.1 Å². The van der Waals surface area contributed by atoms with Crippen molar-refractivity contribution in [3.8, 4) is 27.6 Å². The van der Waals surface area contributed by atoms with E-state index in [0.717, 1.165) is 33.1 Å². The molecule has 0 aliphatic heterocycles. The fraction of sp³-hybridized carbons (Fsp3) is 0.174. The van der Waals surface area contributed by atoms with Gasteiger partial charge in [0.25, 0.3) is 0 Å². The second-order valence-electron chi connectivity index (χ2n) is 6.79. The van der Waals surface area contributed by atoms with Crippen LogP contribution in [0.2, 0.25) is 5.15 Å². The third-order valence-electron chi connectivity index (χ3n) is 4.58. The Morgan fingerprint density at radius 3 is 2.68 bits per heavy atom. The molecular weight excluding hydrogens is 432 g/mol. The molecule has 6 nitrogen and oxygen atoms in total. The number of ether oxygens (including phenoxy) is 1. The number of benzene rings is 1. The van der Waals surface area contributed by atoms with E-state index in [1.54, 1.807) is 35.9 Å². The molecule has 8 heteroatoms. The van der Waals surface area contributed by atoms with Crippen molar-refractivity contribution in [1.82, 2.24) is 20.3 Å². The van der Waals surface area contributed by atoms with Crippen LogP contribution in [-0.2, 0) is 0 Å². The summed E-state index contributed by atoms with van der Waals surface area (Å²) < 4.78 is 5.77. The number of aromatic nitrogens is 3. The number of hydrogen-bond acceptors (Lipinski definition) is 7. The Bertz CT molecular complexity index is 1090. The van der Waals surface area contributed by atoms with Crippen molar-refractivity contribution >= 4 is 22.9 Å². The molecular formula is C23H21ClN4O2S. The van der Waals surface area contributed by atoms with Crippen LogP contribution in [0.3, 0.4) is 0 Å². The van der Waals surface area contributed by atoms with Crippen molar-refractivity contribution in [3.05, 3.63) is 83.2 Å². The molecule has 4 rings (SSSR count). The van der Waals surface area contributed by atoms with Crippen molar-refractivity contribution in [2.75, 3.05) is 19.7 Å². The molecule has 0 fully saturated rings. The zero-order valence-electron chi connectivity index (χ0n) is 16.6. The highest BCUT2D eigenvalue weighted by Gasteiger charge is 2.08. The van der Waals surface area contributed by atoms with Gasteiger partial charge < -0.3 is 15.2 Å². The molecule has 0 saturated heterocycles. The molecule has 3 aromatic heterocycles. The SMILES string of the molecule is OC(CNCCOc1ccc(-c2csc(-c3cccnc3)n2)cc1)c1ccc(Cl)nc1. The van der Waals surface area contributed by atoms with E-state index in [2.05, 4.69) is 15.3 Å². The number of nitrogens with zero attached hydrogens (tertiary/aromatic N) is 3. The molecule has 0 bridgehead atoms. The molecule has 31 heavy (non-hydrogen) atoms. The quantitative estimate of drug-likeness (QED) is 0.285.